The Hall–Kier alpha value is -1.11. The Kier molecular flexibility index (Phi) is 8.25. The van der Waals surface area contributed by atoms with Crippen molar-refractivity contribution in [3.8, 4) is 0 Å². The van der Waals surface area contributed by atoms with Crippen LogP contribution < -0.4 is 10.6 Å². The maximum absolute atomic E-state index is 11.7. The lowest BCUT2D eigenvalue weighted by Crippen LogP contribution is -2.41. The molecule has 0 spiro atoms. The third-order valence-electron chi connectivity index (χ3n) is 2.50. The lowest BCUT2D eigenvalue weighted by atomic mass is 10.2. The minimum Gasteiger partial charge on any atom is -0.351 e. The summed E-state index contributed by atoms with van der Waals surface area (Å²) in [6, 6.07) is 7.54. The van der Waals surface area contributed by atoms with Crippen LogP contribution in [-0.2, 0) is 16.0 Å². The van der Waals surface area contributed by atoms with Crippen LogP contribution in [0.5, 0.6) is 0 Å². The number of nitrogens with one attached hydrogen (secondary N) is 2. The van der Waals surface area contributed by atoms with Crippen molar-refractivity contribution in [3.05, 3.63) is 34.3 Å². The first-order chi connectivity index (χ1) is 9.65. The van der Waals surface area contributed by atoms with Gasteiger partial charge < -0.3 is 20.1 Å². The maximum atomic E-state index is 11.7. The van der Waals surface area contributed by atoms with Crippen LogP contribution in [0.15, 0.2) is 28.7 Å². The van der Waals surface area contributed by atoms with Crippen molar-refractivity contribution in [1.29, 1.82) is 0 Å². The third-order valence-corrected chi connectivity index (χ3v) is 3.03. The molecular weight excluding hydrogens is 324 g/mol. The molecule has 0 heterocycles. The quantitative estimate of drug-likeness (QED) is 0.712. The van der Waals surface area contributed by atoms with Gasteiger partial charge in [0.2, 0.25) is 0 Å². The molecule has 0 saturated carbocycles. The third kappa shape index (κ3) is 6.88. The van der Waals surface area contributed by atoms with Crippen molar-refractivity contribution in [2.24, 2.45) is 0 Å². The average Bonchev–Trinajstić information content (AvgIpc) is 2.44. The van der Waals surface area contributed by atoms with Crippen LogP contribution in [0.1, 0.15) is 19.4 Å². The van der Waals surface area contributed by atoms with E-state index in [1.54, 1.807) is 0 Å². The standard InChI is InChI=1S/C14H21BrN2O3/c1-3-19-13(20-4-2)10-17-14(18)16-9-11-5-7-12(15)8-6-11/h5-8,13H,3-4,9-10H2,1-2H3,(H2,16,17,18). The van der Waals surface area contributed by atoms with Gasteiger partial charge in [-0.2, -0.15) is 0 Å². The number of amides is 2. The number of carbonyl (C=O) groups excluding carboxylic acids is 1. The van der Waals surface area contributed by atoms with Gasteiger partial charge >= 0.3 is 6.03 Å². The summed E-state index contributed by atoms with van der Waals surface area (Å²) in [5.41, 5.74) is 1.04. The number of rotatable bonds is 8. The second-order valence-corrected chi connectivity index (χ2v) is 4.95. The van der Waals surface area contributed by atoms with E-state index in [0.29, 0.717) is 26.3 Å². The SMILES string of the molecule is CCOC(CNC(=O)NCc1ccc(Br)cc1)OCC. The van der Waals surface area contributed by atoms with E-state index >= 15 is 0 Å². The van der Waals surface area contributed by atoms with Gasteiger partial charge in [0.15, 0.2) is 6.29 Å². The summed E-state index contributed by atoms with van der Waals surface area (Å²) in [6.07, 6.45) is -0.400. The number of urea groups is 1. The van der Waals surface area contributed by atoms with Crippen molar-refractivity contribution < 1.29 is 14.3 Å². The molecule has 0 aliphatic carbocycles. The second-order valence-electron chi connectivity index (χ2n) is 4.03. The predicted octanol–water partition coefficient (Wildman–Crippen LogP) is 2.65. The molecule has 2 amide bonds. The smallest absolute Gasteiger partial charge is 0.315 e. The zero-order chi connectivity index (χ0) is 14.8. The largest absolute Gasteiger partial charge is 0.351 e. The van der Waals surface area contributed by atoms with Gasteiger partial charge in [0, 0.05) is 24.2 Å². The van der Waals surface area contributed by atoms with E-state index in [9.17, 15) is 4.79 Å². The molecule has 0 radical (unpaired) electrons. The molecule has 2 N–H and O–H groups in total. The van der Waals surface area contributed by atoms with Crippen molar-refractivity contribution in [2.75, 3.05) is 19.8 Å². The fraction of sp³-hybridized carbons (Fsp3) is 0.500. The van der Waals surface area contributed by atoms with Crippen molar-refractivity contribution in [2.45, 2.75) is 26.7 Å². The Labute approximate surface area is 128 Å². The van der Waals surface area contributed by atoms with Crippen LogP contribution in [-0.4, -0.2) is 32.1 Å². The first kappa shape index (κ1) is 16.9. The molecule has 0 aromatic heterocycles. The molecule has 1 aromatic rings. The highest BCUT2D eigenvalue weighted by molar-refractivity contribution is 9.10. The molecule has 0 aliphatic heterocycles. The number of hydrogen-bond acceptors (Lipinski definition) is 3. The molecule has 0 bridgehead atoms. The van der Waals surface area contributed by atoms with Crippen LogP contribution in [0.2, 0.25) is 0 Å². The minimum absolute atomic E-state index is 0.239. The second kappa shape index (κ2) is 9.74. The molecule has 112 valence electrons. The van der Waals surface area contributed by atoms with E-state index in [2.05, 4.69) is 26.6 Å². The number of ether oxygens (including phenoxy) is 2. The molecule has 0 fully saturated rings. The summed E-state index contributed by atoms with van der Waals surface area (Å²) >= 11 is 3.37. The Morgan fingerprint density at radius 1 is 1.15 bits per heavy atom. The highest BCUT2D eigenvalue weighted by atomic mass is 79.9. The van der Waals surface area contributed by atoms with Crippen LogP contribution in [0.4, 0.5) is 4.79 Å². The summed E-state index contributed by atoms with van der Waals surface area (Å²) in [6.45, 7) is 5.68. The van der Waals surface area contributed by atoms with Gasteiger partial charge in [-0.25, -0.2) is 4.79 Å². The average molecular weight is 345 g/mol. The van der Waals surface area contributed by atoms with E-state index in [0.717, 1.165) is 10.0 Å². The fourth-order valence-electron chi connectivity index (χ4n) is 1.56. The molecule has 20 heavy (non-hydrogen) atoms. The summed E-state index contributed by atoms with van der Waals surface area (Å²) in [7, 11) is 0. The summed E-state index contributed by atoms with van der Waals surface area (Å²) in [5.74, 6) is 0. The van der Waals surface area contributed by atoms with E-state index in [1.807, 2.05) is 38.1 Å². The minimum atomic E-state index is -0.400. The molecule has 0 atom stereocenters. The van der Waals surface area contributed by atoms with E-state index < -0.39 is 6.29 Å². The van der Waals surface area contributed by atoms with Crippen LogP contribution in [0.3, 0.4) is 0 Å². The number of benzene rings is 1. The molecule has 1 rings (SSSR count). The van der Waals surface area contributed by atoms with Gasteiger partial charge in [-0.05, 0) is 31.5 Å². The Morgan fingerprint density at radius 2 is 1.75 bits per heavy atom. The lowest BCUT2D eigenvalue weighted by Gasteiger charge is -2.17. The zero-order valence-corrected chi connectivity index (χ0v) is 13.4. The van der Waals surface area contributed by atoms with Gasteiger partial charge in [0.1, 0.15) is 0 Å². The fourth-order valence-corrected chi connectivity index (χ4v) is 1.83. The Bertz CT molecular complexity index is 392. The molecule has 0 aliphatic rings. The van der Waals surface area contributed by atoms with Gasteiger partial charge in [0.05, 0.1) is 6.54 Å². The van der Waals surface area contributed by atoms with Gasteiger partial charge in [-0.1, -0.05) is 28.1 Å². The number of carbonyl (C=O) groups is 1. The first-order valence-corrected chi connectivity index (χ1v) is 7.44. The Morgan fingerprint density at radius 3 is 2.30 bits per heavy atom. The Balaban J connectivity index is 2.27. The van der Waals surface area contributed by atoms with Crippen molar-refractivity contribution in [1.82, 2.24) is 10.6 Å². The van der Waals surface area contributed by atoms with Crippen LogP contribution in [0, 0.1) is 0 Å². The molecule has 5 nitrogen and oxygen atoms in total. The summed E-state index contributed by atoms with van der Waals surface area (Å²) < 4.78 is 11.7. The number of hydrogen-bond donors (Lipinski definition) is 2. The highest BCUT2D eigenvalue weighted by Gasteiger charge is 2.09. The lowest BCUT2D eigenvalue weighted by molar-refractivity contribution is -0.131. The van der Waals surface area contributed by atoms with Crippen molar-refractivity contribution in [3.63, 3.8) is 0 Å². The topological polar surface area (TPSA) is 59.6 Å². The molecular formula is C14H21BrN2O3. The number of halogens is 1. The zero-order valence-electron chi connectivity index (χ0n) is 11.8. The van der Waals surface area contributed by atoms with Gasteiger partial charge in [-0.15, -0.1) is 0 Å². The molecule has 1 aromatic carbocycles. The van der Waals surface area contributed by atoms with E-state index in [4.69, 9.17) is 9.47 Å². The maximum Gasteiger partial charge on any atom is 0.315 e. The monoisotopic (exact) mass is 344 g/mol. The van der Waals surface area contributed by atoms with E-state index in [-0.39, 0.29) is 6.03 Å². The summed E-state index contributed by atoms with van der Waals surface area (Å²) in [5, 5.41) is 5.51. The molecule has 6 heteroatoms. The van der Waals surface area contributed by atoms with E-state index in [1.165, 1.54) is 0 Å². The highest BCUT2D eigenvalue weighted by Crippen LogP contribution is 2.10. The molecule has 0 saturated heterocycles. The molecule has 0 unspecified atom stereocenters. The van der Waals surface area contributed by atoms with Gasteiger partial charge in [-0.3, -0.25) is 0 Å². The van der Waals surface area contributed by atoms with Gasteiger partial charge in [0.25, 0.3) is 0 Å². The normalized spacial score (nSPS) is 10.6. The first-order valence-electron chi connectivity index (χ1n) is 6.65. The summed E-state index contributed by atoms with van der Waals surface area (Å²) in [4.78, 5) is 11.7. The van der Waals surface area contributed by atoms with Crippen LogP contribution in [0.25, 0.3) is 0 Å². The predicted molar refractivity (Wildman–Crippen MR) is 81.4 cm³/mol. The van der Waals surface area contributed by atoms with Crippen LogP contribution >= 0.6 is 15.9 Å². The van der Waals surface area contributed by atoms with Crippen molar-refractivity contribution >= 4 is 22.0 Å².